The van der Waals surface area contributed by atoms with Gasteiger partial charge in [-0.2, -0.15) is 0 Å². The summed E-state index contributed by atoms with van der Waals surface area (Å²) in [5.41, 5.74) is 7.22. The number of H-pyrrole nitrogens is 1. The highest BCUT2D eigenvalue weighted by Crippen LogP contribution is 2.24. The van der Waals surface area contributed by atoms with Gasteiger partial charge in [-0.05, 0) is 48.1 Å². The normalized spacial score (nSPS) is 11.1. The molecule has 2 aromatic carbocycles. The zero-order chi connectivity index (χ0) is 20.1. The van der Waals surface area contributed by atoms with Crippen molar-refractivity contribution in [3.63, 3.8) is 0 Å². The summed E-state index contributed by atoms with van der Waals surface area (Å²) < 4.78 is 40.2. The van der Waals surface area contributed by atoms with Crippen LogP contribution in [0.5, 0.6) is 5.75 Å². The van der Waals surface area contributed by atoms with Gasteiger partial charge in [0, 0.05) is 22.8 Å². The second kappa shape index (κ2) is 8.17. The van der Waals surface area contributed by atoms with E-state index in [4.69, 9.17) is 12.2 Å². The lowest BCUT2D eigenvalue weighted by Gasteiger charge is -2.12. The molecule has 0 bridgehead atoms. The maximum absolute atomic E-state index is 12.1. The van der Waals surface area contributed by atoms with E-state index in [1.54, 1.807) is 6.20 Å². The minimum atomic E-state index is -4.75. The second-order valence-corrected chi connectivity index (χ2v) is 6.14. The maximum atomic E-state index is 12.1. The Morgan fingerprint density at radius 3 is 2.50 bits per heavy atom. The third kappa shape index (κ3) is 5.36. The average Bonchev–Trinajstić information content (AvgIpc) is 3.03. The minimum Gasteiger partial charge on any atom is -0.406 e. The van der Waals surface area contributed by atoms with Crippen LogP contribution in [0.3, 0.4) is 0 Å². The number of carbonyl (C=O) groups is 1. The highest BCUT2D eigenvalue weighted by atomic mass is 32.1. The predicted octanol–water partition coefficient (Wildman–Crippen LogP) is 3.63. The van der Waals surface area contributed by atoms with Crippen molar-refractivity contribution >= 4 is 39.8 Å². The van der Waals surface area contributed by atoms with Crippen LogP contribution in [-0.4, -0.2) is 22.4 Å². The van der Waals surface area contributed by atoms with Crippen molar-refractivity contribution in [3.8, 4) is 5.75 Å². The summed E-state index contributed by atoms with van der Waals surface area (Å²) in [5.74, 6) is -0.646. The molecular weight excluding hydrogens is 393 g/mol. The standard InChI is InChI=1S/C18H15F3N4O2S/c19-18(20,21)27-13-7-5-12(6-8-13)23-17(28)25-24-16(26)9-11-10-22-15-4-2-1-3-14(11)15/h1-8,10,22H,9H2,(H,24,26)(H2,23,25,28). The number of hydrazine groups is 1. The Bertz CT molecular complexity index is 986. The SMILES string of the molecule is O=C(Cc1c[nH]c2ccccc12)NNC(=S)Nc1ccc(OC(F)(F)F)cc1. The summed E-state index contributed by atoms with van der Waals surface area (Å²) >= 11 is 5.05. The Labute approximate surface area is 163 Å². The lowest BCUT2D eigenvalue weighted by atomic mass is 10.1. The van der Waals surface area contributed by atoms with Crippen LogP contribution in [0.15, 0.2) is 54.7 Å². The average molecular weight is 408 g/mol. The van der Waals surface area contributed by atoms with Gasteiger partial charge in [-0.15, -0.1) is 13.2 Å². The van der Waals surface area contributed by atoms with Crippen molar-refractivity contribution in [2.24, 2.45) is 0 Å². The minimum absolute atomic E-state index is 0.0803. The predicted molar refractivity (Wildman–Crippen MR) is 103 cm³/mol. The Kier molecular flexibility index (Phi) is 5.69. The number of para-hydroxylation sites is 1. The molecule has 0 aliphatic rings. The topological polar surface area (TPSA) is 78.2 Å². The Morgan fingerprint density at radius 2 is 1.79 bits per heavy atom. The van der Waals surface area contributed by atoms with E-state index in [-0.39, 0.29) is 23.2 Å². The number of nitrogens with one attached hydrogen (secondary N) is 4. The number of alkyl halides is 3. The molecule has 3 rings (SSSR count). The molecule has 6 nitrogen and oxygen atoms in total. The van der Waals surface area contributed by atoms with Crippen LogP contribution >= 0.6 is 12.2 Å². The van der Waals surface area contributed by atoms with Gasteiger partial charge in [0.05, 0.1) is 6.42 Å². The lowest BCUT2D eigenvalue weighted by Crippen LogP contribution is -2.44. The van der Waals surface area contributed by atoms with Gasteiger partial charge >= 0.3 is 6.36 Å². The molecule has 146 valence electrons. The summed E-state index contributed by atoms with van der Waals surface area (Å²) in [5, 5.41) is 3.78. The van der Waals surface area contributed by atoms with Gasteiger partial charge in [0.15, 0.2) is 5.11 Å². The molecule has 4 N–H and O–H groups in total. The van der Waals surface area contributed by atoms with Crippen LogP contribution in [-0.2, 0) is 11.2 Å². The van der Waals surface area contributed by atoms with Crippen molar-refractivity contribution < 1.29 is 22.7 Å². The van der Waals surface area contributed by atoms with Gasteiger partial charge in [0.1, 0.15) is 5.75 Å². The molecule has 3 aromatic rings. The number of halogens is 3. The molecule has 0 radical (unpaired) electrons. The van der Waals surface area contributed by atoms with Crippen molar-refractivity contribution in [1.29, 1.82) is 0 Å². The van der Waals surface area contributed by atoms with Gasteiger partial charge in [-0.3, -0.25) is 15.6 Å². The zero-order valence-electron chi connectivity index (χ0n) is 14.3. The van der Waals surface area contributed by atoms with Crippen LogP contribution in [0.4, 0.5) is 18.9 Å². The third-order valence-corrected chi connectivity index (χ3v) is 3.89. The summed E-state index contributed by atoms with van der Waals surface area (Å²) in [6.07, 6.45) is -2.84. The molecule has 28 heavy (non-hydrogen) atoms. The molecule has 0 fully saturated rings. The first-order chi connectivity index (χ1) is 13.3. The number of hydrogen-bond donors (Lipinski definition) is 4. The van der Waals surface area contributed by atoms with E-state index >= 15 is 0 Å². The number of rotatable bonds is 4. The number of aromatic nitrogens is 1. The molecule has 0 aliphatic heterocycles. The lowest BCUT2D eigenvalue weighted by molar-refractivity contribution is -0.274. The Hall–Kier alpha value is -3.27. The highest BCUT2D eigenvalue weighted by Gasteiger charge is 2.30. The van der Waals surface area contributed by atoms with E-state index < -0.39 is 6.36 Å². The van der Waals surface area contributed by atoms with Crippen LogP contribution in [0.2, 0.25) is 0 Å². The van der Waals surface area contributed by atoms with Crippen LogP contribution in [0.1, 0.15) is 5.56 Å². The summed E-state index contributed by atoms with van der Waals surface area (Å²) in [4.78, 5) is 15.2. The molecule has 0 aliphatic carbocycles. The molecule has 10 heteroatoms. The van der Waals surface area contributed by atoms with Gasteiger partial charge in [-0.25, -0.2) is 0 Å². The summed E-state index contributed by atoms with van der Waals surface area (Å²) in [6, 6.07) is 12.6. The quantitative estimate of drug-likeness (QED) is 0.392. The van der Waals surface area contributed by atoms with E-state index in [0.29, 0.717) is 5.69 Å². The van der Waals surface area contributed by atoms with E-state index in [1.807, 2.05) is 24.3 Å². The smallest absolute Gasteiger partial charge is 0.406 e. The van der Waals surface area contributed by atoms with Gasteiger partial charge in [-0.1, -0.05) is 18.2 Å². The van der Waals surface area contributed by atoms with E-state index in [1.165, 1.54) is 12.1 Å². The molecule has 1 aromatic heterocycles. The zero-order valence-corrected chi connectivity index (χ0v) is 15.1. The molecule has 0 spiro atoms. The molecule has 0 atom stereocenters. The number of carbonyl (C=O) groups excluding carboxylic acids is 1. The van der Waals surface area contributed by atoms with E-state index in [0.717, 1.165) is 28.6 Å². The maximum Gasteiger partial charge on any atom is 0.573 e. The first-order valence-corrected chi connectivity index (χ1v) is 8.47. The molecule has 1 amide bonds. The van der Waals surface area contributed by atoms with E-state index in [2.05, 4.69) is 25.9 Å². The van der Waals surface area contributed by atoms with Crippen LogP contribution < -0.4 is 20.9 Å². The van der Waals surface area contributed by atoms with Crippen molar-refractivity contribution in [2.75, 3.05) is 5.32 Å². The Balaban J connectivity index is 1.48. The summed E-state index contributed by atoms with van der Waals surface area (Å²) in [6.45, 7) is 0. The number of anilines is 1. The van der Waals surface area contributed by atoms with Gasteiger partial charge < -0.3 is 15.0 Å². The monoisotopic (exact) mass is 408 g/mol. The molecule has 0 saturated carbocycles. The molecule has 0 saturated heterocycles. The number of hydrogen-bond acceptors (Lipinski definition) is 3. The second-order valence-electron chi connectivity index (χ2n) is 5.74. The Morgan fingerprint density at radius 1 is 1.07 bits per heavy atom. The number of ether oxygens (including phenoxy) is 1. The van der Waals surface area contributed by atoms with Crippen molar-refractivity contribution in [3.05, 3.63) is 60.3 Å². The number of aromatic amines is 1. The molecular formula is C18H15F3N4O2S. The van der Waals surface area contributed by atoms with Crippen molar-refractivity contribution in [1.82, 2.24) is 15.8 Å². The fourth-order valence-electron chi connectivity index (χ4n) is 2.52. The van der Waals surface area contributed by atoms with Gasteiger partial charge in [0.25, 0.3) is 0 Å². The van der Waals surface area contributed by atoms with Crippen LogP contribution in [0.25, 0.3) is 10.9 Å². The first-order valence-electron chi connectivity index (χ1n) is 8.07. The van der Waals surface area contributed by atoms with E-state index in [9.17, 15) is 18.0 Å². The molecule has 1 heterocycles. The fraction of sp³-hybridized carbons (Fsp3) is 0.111. The largest absolute Gasteiger partial charge is 0.573 e. The first kappa shape index (κ1) is 19.5. The number of fused-ring (bicyclic) bond motifs is 1. The van der Waals surface area contributed by atoms with Crippen LogP contribution in [0, 0.1) is 0 Å². The summed E-state index contributed by atoms with van der Waals surface area (Å²) in [7, 11) is 0. The molecule has 0 unspecified atom stereocenters. The fourth-order valence-corrected chi connectivity index (χ4v) is 2.69. The highest BCUT2D eigenvalue weighted by molar-refractivity contribution is 7.80. The number of benzene rings is 2. The third-order valence-electron chi connectivity index (χ3n) is 3.69. The van der Waals surface area contributed by atoms with Crippen molar-refractivity contribution in [2.45, 2.75) is 12.8 Å². The van der Waals surface area contributed by atoms with Gasteiger partial charge in [0.2, 0.25) is 5.91 Å². The number of thiocarbonyl (C=S) groups is 1. The number of amides is 1.